The van der Waals surface area contributed by atoms with Crippen LogP contribution < -0.4 is 0 Å². The van der Waals surface area contributed by atoms with Crippen LogP contribution in [0.4, 0.5) is 4.39 Å². The van der Waals surface area contributed by atoms with Gasteiger partial charge in [-0.15, -0.1) is 0 Å². The third-order valence-electron chi connectivity index (χ3n) is 2.55. The van der Waals surface area contributed by atoms with Gasteiger partial charge in [0.05, 0.1) is 11.2 Å². The van der Waals surface area contributed by atoms with Gasteiger partial charge in [-0.05, 0) is 22.4 Å². The molecule has 0 saturated carbocycles. The minimum absolute atomic E-state index is 0.0399. The second-order valence-corrected chi connectivity index (χ2v) is 3.65. The van der Waals surface area contributed by atoms with Crippen LogP contribution in [0.25, 0.3) is 22.3 Å². The van der Waals surface area contributed by atoms with Crippen molar-refractivity contribution in [1.29, 1.82) is 0 Å². The third kappa shape index (κ3) is 1.45. The summed E-state index contributed by atoms with van der Waals surface area (Å²) in [6, 6.07) is 6.16. The Morgan fingerprint density at radius 3 is 2.94 bits per heavy atom. The Morgan fingerprint density at radius 1 is 1.39 bits per heavy atom. The van der Waals surface area contributed by atoms with Crippen LogP contribution in [0.3, 0.4) is 0 Å². The van der Waals surface area contributed by atoms with Crippen LogP contribution in [0.15, 0.2) is 28.9 Å². The first-order valence-electron chi connectivity index (χ1n) is 5.00. The minimum atomic E-state index is -1.26. The minimum Gasteiger partial charge on any atom is -0.476 e. The maximum Gasteiger partial charge on any atom is 0.360 e. The zero-order valence-corrected chi connectivity index (χ0v) is 8.85. The molecule has 0 spiro atoms. The molecule has 0 bridgehead atoms. The monoisotopic (exact) mass is 247 g/mol. The summed E-state index contributed by atoms with van der Waals surface area (Å²) in [4.78, 5) is 13.6. The van der Waals surface area contributed by atoms with E-state index in [9.17, 15) is 9.18 Å². The molecule has 0 aliphatic heterocycles. The number of para-hydroxylation sites is 1. The van der Waals surface area contributed by atoms with E-state index in [4.69, 9.17) is 5.11 Å². The lowest BCUT2D eigenvalue weighted by molar-refractivity contribution is 0.0685. The van der Waals surface area contributed by atoms with Gasteiger partial charge >= 0.3 is 5.97 Å². The van der Waals surface area contributed by atoms with Crippen LogP contribution in [0.2, 0.25) is 0 Å². The summed E-state index contributed by atoms with van der Waals surface area (Å²) in [5, 5.41) is 16.3. The number of carbonyl (C=O) groups is 1. The van der Waals surface area contributed by atoms with Gasteiger partial charge < -0.3 is 10.1 Å². The number of hydrogen-bond donors (Lipinski definition) is 2. The van der Waals surface area contributed by atoms with Crippen molar-refractivity contribution in [2.75, 3.05) is 0 Å². The Morgan fingerprint density at radius 2 is 2.22 bits per heavy atom. The highest BCUT2D eigenvalue weighted by molar-refractivity contribution is 5.94. The number of aromatic carboxylic acids is 1. The number of aromatic nitrogens is 3. The van der Waals surface area contributed by atoms with E-state index >= 15 is 0 Å². The van der Waals surface area contributed by atoms with E-state index in [1.54, 1.807) is 18.2 Å². The lowest BCUT2D eigenvalue weighted by Gasteiger charge is -1.91. The lowest BCUT2D eigenvalue weighted by atomic mass is 10.2. The number of H-pyrrole nitrogens is 1. The van der Waals surface area contributed by atoms with Crippen molar-refractivity contribution in [2.24, 2.45) is 0 Å². The normalized spacial score (nSPS) is 10.9. The largest absolute Gasteiger partial charge is 0.476 e. The van der Waals surface area contributed by atoms with E-state index in [1.165, 1.54) is 6.07 Å². The highest BCUT2D eigenvalue weighted by Gasteiger charge is 2.20. The van der Waals surface area contributed by atoms with E-state index in [0.717, 1.165) is 0 Å². The molecule has 3 rings (SSSR count). The van der Waals surface area contributed by atoms with Crippen LogP contribution in [0, 0.1) is 5.82 Å². The second-order valence-electron chi connectivity index (χ2n) is 3.65. The summed E-state index contributed by atoms with van der Waals surface area (Å²) in [5.74, 6) is -1.68. The Hall–Kier alpha value is -2.70. The van der Waals surface area contributed by atoms with E-state index in [-0.39, 0.29) is 16.9 Å². The fourth-order valence-corrected chi connectivity index (χ4v) is 1.75. The molecule has 0 unspecified atom stereocenters. The summed E-state index contributed by atoms with van der Waals surface area (Å²) in [6.45, 7) is 0. The Balaban J connectivity index is 2.23. The molecule has 3 aromatic rings. The highest BCUT2D eigenvalue weighted by Crippen LogP contribution is 2.26. The van der Waals surface area contributed by atoms with Crippen molar-refractivity contribution in [2.45, 2.75) is 0 Å². The van der Waals surface area contributed by atoms with Crippen molar-refractivity contribution in [3.05, 3.63) is 35.8 Å². The number of hydrogen-bond acceptors (Lipinski definition) is 4. The first-order chi connectivity index (χ1) is 8.66. The van der Waals surface area contributed by atoms with Crippen LogP contribution in [-0.4, -0.2) is 26.4 Å². The van der Waals surface area contributed by atoms with E-state index in [2.05, 4.69) is 19.9 Å². The van der Waals surface area contributed by atoms with Gasteiger partial charge in [-0.3, -0.25) is 0 Å². The lowest BCUT2D eigenvalue weighted by Crippen LogP contribution is -1.99. The fraction of sp³-hybridized carbons (Fsp3) is 0. The summed E-state index contributed by atoms with van der Waals surface area (Å²) < 4.78 is 17.9. The maximum atomic E-state index is 13.5. The molecule has 0 saturated heterocycles. The maximum absolute atomic E-state index is 13.5. The van der Waals surface area contributed by atoms with Crippen molar-refractivity contribution in [3.63, 3.8) is 0 Å². The first-order valence-corrected chi connectivity index (χ1v) is 5.00. The molecule has 18 heavy (non-hydrogen) atoms. The number of nitrogens with zero attached hydrogens (tertiary/aromatic N) is 2. The molecule has 1 aromatic carbocycles. The van der Waals surface area contributed by atoms with Gasteiger partial charge in [0.25, 0.3) is 0 Å². The van der Waals surface area contributed by atoms with E-state index in [0.29, 0.717) is 11.1 Å². The average molecular weight is 247 g/mol. The third-order valence-corrected chi connectivity index (χ3v) is 2.55. The Labute approximate surface area is 99.0 Å². The average Bonchev–Trinajstić information content (AvgIpc) is 2.95. The summed E-state index contributed by atoms with van der Waals surface area (Å²) in [7, 11) is 0. The van der Waals surface area contributed by atoms with Gasteiger partial charge in [-0.25, -0.2) is 13.8 Å². The van der Waals surface area contributed by atoms with Crippen LogP contribution in [-0.2, 0) is 0 Å². The predicted octanol–water partition coefficient (Wildman–Crippen LogP) is 2.06. The summed E-state index contributed by atoms with van der Waals surface area (Å²) >= 11 is 0. The smallest absolute Gasteiger partial charge is 0.360 e. The standard InChI is InChI=1S/C11H6FN3O3/c12-6-3-1-2-5-4-7(13-8(5)6)9-10(11(16)17)15-18-14-9/h1-4,13H,(H,16,17). The van der Waals surface area contributed by atoms with Crippen LogP contribution in [0.5, 0.6) is 0 Å². The predicted molar refractivity (Wildman–Crippen MR) is 58.5 cm³/mol. The van der Waals surface area contributed by atoms with Gasteiger partial charge in [0.15, 0.2) is 5.69 Å². The molecule has 0 atom stereocenters. The molecule has 2 heterocycles. The summed E-state index contributed by atoms with van der Waals surface area (Å²) in [6.07, 6.45) is 0. The van der Waals surface area contributed by atoms with Crippen molar-refractivity contribution in [3.8, 4) is 11.4 Å². The number of carboxylic acid groups (broad SMARTS) is 1. The van der Waals surface area contributed by atoms with E-state index < -0.39 is 11.8 Å². The summed E-state index contributed by atoms with van der Waals surface area (Å²) in [5.41, 5.74) is 0.348. The molecular weight excluding hydrogens is 241 g/mol. The van der Waals surface area contributed by atoms with Gasteiger partial charge in [0.1, 0.15) is 5.82 Å². The number of rotatable bonds is 2. The molecule has 0 radical (unpaired) electrons. The molecule has 0 fully saturated rings. The van der Waals surface area contributed by atoms with Crippen molar-refractivity contribution < 1.29 is 18.9 Å². The molecular formula is C11H6FN3O3. The SMILES string of the molecule is O=C(O)c1nonc1-c1cc2cccc(F)c2[nH]1. The van der Waals surface area contributed by atoms with Gasteiger partial charge in [0.2, 0.25) is 5.69 Å². The molecule has 90 valence electrons. The molecule has 7 heteroatoms. The number of halogens is 1. The molecule has 0 aliphatic rings. The van der Waals surface area contributed by atoms with Crippen molar-refractivity contribution in [1.82, 2.24) is 15.3 Å². The number of nitrogens with one attached hydrogen (secondary N) is 1. The molecule has 0 aliphatic carbocycles. The number of carboxylic acids is 1. The molecule has 0 amide bonds. The molecule has 2 N–H and O–H groups in total. The van der Waals surface area contributed by atoms with Crippen molar-refractivity contribution >= 4 is 16.9 Å². The second kappa shape index (κ2) is 3.66. The van der Waals surface area contributed by atoms with Crippen LogP contribution >= 0.6 is 0 Å². The molecule has 2 aromatic heterocycles. The highest BCUT2D eigenvalue weighted by atomic mass is 19.1. The Kier molecular flexibility index (Phi) is 2.12. The Bertz CT molecular complexity index is 747. The van der Waals surface area contributed by atoms with E-state index in [1.807, 2.05) is 0 Å². The zero-order chi connectivity index (χ0) is 12.7. The van der Waals surface area contributed by atoms with Gasteiger partial charge in [-0.1, -0.05) is 12.1 Å². The topological polar surface area (TPSA) is 92.0 Å². The van der Waals surface area contributed by atoms with Gasteiger partial charge in [0, 0.05) is 5.39 Å². The first kappa shape index (κ1) is 10.5. The number of fused-ring (bicyclic) bond motifs is 1. The number of aromatic amines is 1. The number of benzene rings is 1. The van der Waals surface area contributed by atoms with Gasteiger partial charge in [-0.2, -0.15) is 0 Å². The fourth-order valence-electron chi connectivity index (χ4n) is 1.75. The zero-order valence-electron chi connectivity index (χ0n) is 8.85. The molecule has 6 nitrogen and oxygen atoms in total. The quantitative estimate of drug-likeness (QED) is 0.723. The van der Waals surface area contributed by atoms with Crippen LogP contribution in [0.1, 0.15) is 10.5 Å².